The van der Waals surface area contributed by atoms with E-state index in [1.54, 1.807) is 0 Å². The van der Waals surface area contributed by atoms with Crippen molar-refractivity contribution in [3.63, 3.8) is 0 Å². The quantitative estimate of drug-likeness (QED) is 0.834. The molecule has 1 aromatic heterocycles. The Hall–Kier alpha value is -1.90. The average Bonchev–Trinajstić information content (AvgIpc) is 2.33. The first-order valence-electron chi connectivity index (χ1n) is 5.40. The largest absolute Gasteiger partial charge is 0.383 e. The second-order valence-corrected chi connectivity index (χ2v) is 3.72. The van der Waals surface area contributed by atoms with Crippen LogP contribution in [0.4, 0.5) is 5.82 Å². The van der Waals surface area contributed by atoms with Crippen molar-refractivity contribution in [2.45, 2.75) is 20.3 Å². The van der Waals surface area contributed by atoms with Gasteiger partial charge in [-0.25, -0.2) is 9.97 Å². The summed E-state index contributed by atoms with van der Waals surface area (Å²) in [7, 11) is 0. The molecule has 0 saturated heterocycles. The molecule has 2 N–H and O–H groups in total. The van der Waals surface area contributed by atoms with Crippen molar-refractivity contribution in [2.24, 2.45) is 0 Å². The van der Waals surface area contributed by atoms with Crippen molar-refractivity contribution in [1.82, 2.24) is 9.97 Å². The Labute approximate surface area is 95.4 Å². The molecule has 0 bridgehead atoms. The second-order valence-electron chi connectivity index (χ2n) is 3.72. The van der Waals surface area contributed by atoms with E-state index in [1.807, 2.05) is 37.3 Å². The van der Waals surface area contributed by atoms with Gasteiger partial charge in [0.05, 0.1) is 0 Å². The van der Waals surface area contributed by atoms with Crippen LogP contribution in [-0.2, 0) is 6.42 Å². The third-order valence-electron chi connectivity index (χ3n) is 2.65. The van der Waals surface area contributed by atoms with Gasteiger partial charge in [-0.15, -0.1) is 0 Å². The van der Waals surface area contributed by atoms with Crippen LogP contribution in [0.3, 0.4) is 0 Å². The minimum Gasteiger partial charge on any atom is -0.383 e. The van der Waals surface area contributed by atoms with E-state index in [9.17, 15) is 0 Å². The van der Waals surface area contributed by atoms with Gasteiger partial charge in [0.15, 0.2) is 5.82 Å². The summed E-state index contributed by atoms with van der Waals surface area (Å²) in [6, 6.07) is 9.90. The molecule has 0 saturated carbocycles. The Morgan fingerprint density at radius 2 is 1.81 bits per heavy atom. The van der Waals surface area contributed by atoms with Gasteiger partial charge in [-0.2, -0.15) is 0 Å². The SMILES string of the molecule is CCc1nc(-c2ccccc2)nc(N)c1C. The van der Waals surface area contributed by atoms with Gasteiger partial charge in [0.2, 0.25) is 0 Å². The van der Waals surface area contributed by atoms with Gasteiger partial charge in [0.25, 0.3) is 0 Å². The van der Waals surface area contributed by atoms with Crippen LogP contribution in [0.25, 0.3) is 11.4 Å². The zero-order valence-electron chi connectivity index (χ0n) is 9.57. The summed E-state index contributed by atoms with van der Waals surface area (Å²) >= 11 is 0. The number of benzene rings is 1. The molecule has 3 heteroatoms. The van der Waals surface area contributed by atoms with Gasteiger partial charge in [0, 0.05) is 16.8 Å². The minimum absolute atomic E-state index is 0.575. The van der Waals surface area contributed by atoms with Crippen LogP contribution in [0.5, 0.6) is 0 Å². The maximum absolute atomic E-state index is 5.88. The van der Waals surface area contributed by atoms with Crippen LogP contribution in [0, 0.1) is 6.92 Å². The first-order valence-corrected chi connectivity index (χ1v) is 5.40. The lowest BCUT2D eigenvalue weighted by molar-refractivity contribution is 0.982. The maximum atomic E-state index is 5.88. The number of aryl methyl sites for hydroxylation is 1. The lowest BCUT2D eigenvalue weighted by Crippen LogP contribution is -2.04. The minimum atomic E-state index is 0.575. The van der Waals surface area contributed by atoms with Gasteiger partial charge < -0.3 is 5.73 Å². The number of anilines is 1. The van der Waals surface area contributed by atoms with Crippen molar-refractivity contribution in [1.29, 1.82) is 0 Å². The number of hydrogen-bond donors (Lipinski definition) is 1. The maximum Gasteiger partial charge on any atom is 0.161 e. The molecule has 0 aliphatic rings. The van der Waals surface area contributed by atoms with Gasteiger partial charge in [-0.3, -0.25) is 0 Å². The molecule has 3 nitrogen and oxygen atoms in total. The van der Waals surface area contributed by atoms with E-state index in [-0.39, 0.29) is 0 Å². The van der Waals surface area contributed by atoms with Crippen LogP contribution in [0.15, 0.2) is 30.3 Å². The molecule has 0 atom stereocenters. The molecule has 0 amide bonds. The number of rotatable bonds is 2. The fourth-order valence-electron chi connectivity index (χ4n) is 1.64. The number of hydrogen-bond acceptors (Lipinski definition) is 3. The van der Waals surface area contributed by atoms with Crippen molar-refractivity contribution >= 4 is 5.82 Å². The molecule has 16 heavy (non-hydrogen) atoms. The summed E-state index contributed by atoms with van der Waals surface area (Å²) in [6.07, 6.45) is 0.873. The van der Waals surface area contributed by atoms with E-state index in [2.05, 4.69) is 16.9 Å². The predicted octanol–water partition coefficient (Wildman–Crippen LogP) is 2.60. The summed E-state index contributed by atoms with van der Waals surface area (Å²) in [6.45, 7) is 4.03. The Morgan fingerprint density at radius 3 is 2.44 bits per heavy atom. The molecule has 2 rings (SSSR count). The highest BCUT2D eigenvalue weighted by Gasteiger charge is 2.08. The summed E-state index contributed by atoms with van der Waals surface area (Å²) in [4.78, 5) is 8.85. The van der Waals surface area contributed by atoms with E-state index in [0.717, 1.165) is 23.2 Å². The van der Waals surface area contributed by atoms with Crippen LogP contribution < -0.4 is 5.73 Å². The van der Waals surface area contributed by atoms with Gasteiger partial charge in [-0.1, -0.05) is 37.3 Å². The monoisotopic (exact) mass is 213 g/mol. The summed E-state index contributed by atoms with van der Waals surface area (Å²) < 4.78 is 0. The molecule has 0 aliphatic heterocycles. The van der Waals surface area contributed by atoms with Crippen LogP contribution >= 0.6 is 0 Å². The van der Waals surface area contributed by atoms with Gasteiger partial charge >= 0.3 is 0 Å². The van der Waals surface area contributed by atoms with Crippen molar-refractivity contribution in [2.75, 3.05) is 5.73 Å². The highest BCUT2D eigenvalue weighted by molar-refractivity contribution is 5.58. The summed E-state index contributed by atoms with van der Waals surface area (Å²) in [5.41, 5.74) is 8.89. The average molecular weight is 213 g/mol. The molecule has 0 fully saturated rings. The van der Waals surface area contributed by atoms with Gasteiger partial charge in [-0.05, 0) is 13.3 Å². The molecule has 1 aromatic carbocycles. The number of aromatic nitrogens is 2. The number of nitrogens with two attached hydrogens (primary N) is 1. The topological polar surface area (TPSA) is 51.8 Å². The third-order valence-corrected chi connectivity index (χ3v) is 2.65. The molecular formula is C13H15N3. The highest BCUT2D eigenvalue weighted by atomic mass is 15.0. The standard InChI is InChI=1S/C13H15N3/c1-3-11-9(2)12(14)16-13(15-11)10-7-5-4-6-8-10/h4-8H,3H2,1-2H3,(H2,14,15,16). The molecular weight excluding hydrogens is 198 g/mol. The molecule has 82 valence electrons. The van der Waals surface area contributed by atoms with E-state index >= 15 is 0 Å². The lowest BCUT2D eigenvalue weighted by Gasteiger charge is -2.08. The van der Waals surface area contributed by atoms with Crippen molar-refractivity contribution < 1.29 is 0 Å². The van der Waals surface area contributed by atoms with Crippen molar-refractivity contribution in [3.05, 3.63) is 41.6 Å². The number of nitrogen functional groups attached to an aromatic ring is 1. The Kier molecular flexibility index (Phi) is 2.86. The molecule has 2 aromatic rings. The first kappa shape index (κ1) is 10.6. The lowest BCUT2D eigenvalue weighted by atomic mass is 10.1. The van der Waals surface area contributed by atoms with Crippen molar-refractivity contribution in [3.8, 4) is 11.4 Å². The molecule has 0 unspecified atom stereocenters. The Bertz CT molecular complexity index is 492. The van der Waals surface area contributed by atoms with E-state index in [4.69, 9.17) is 5.73 Å². The zero-order valence-corrected chi connectivity index (χ0v) is 9.57. The fraction of sp³-hybridized carbons (Fsp3) is 0.231. The zero-order chi connectivity index (χ0) is 11.5. The van der Waals surface area contributed by atoms with Gasteiger partial charge in [0.1, 0.15) is 5.82 Å². The molecule has 0 aliphatic carbocycles. The van der Waals surface area contributed by atoms with Crippen LogP contribution in [0.1, 0.15) is 18.2 Å². The van der Waals surface area contributed by atoms with Crippen LogP contribution in [0.2, 0.25) is 0 Å². The highest BCUT2D eigenvalue weighted by Crippen LogP contribution is 2.19. The predicted molar refractivity (Wildman–Crippen MR) is 66.0 cm³/mol. The third kappa shape index (κ3) is 1.89. The second kappa shape index (κ2) is 4.31. The Morgan fingerprint density at radius 1 is 1.12 bits per heavy atom. The fourth-order valence-corrected chi connectivity index (χ4v) is 1.64. The first-order chi connectivity index (χ1) is 7.72. The van der Waals surface area contributed by atoms with E-state index < -0.39 is 0 Å². The summed E-state index contributed by atoms with van der Waals surface area (Å²) in [5.74, 6) is 1.28. The molecule has 1 heterocycles. The van der Waals surface area contributed by atoms with E-state index in [1.165, 1.54) is 0 Å². The summed E-state index contributed by atoms with van der Waals surface area (Å²) in [5, 5.41) is 0. The van der Waals surface area contributed by atoms with Crippen LogP contribution in [-0.4, -0.2) is 9.97 Å². The molecule has 0 spiro atoms. The normalized spacial score (nSPS) is 10.4. The smallest absolute Gasteiger partial charge is 0.161 e. The Balaban J connectivity index is 2.55. The molecule has 0 radical (unpaired) electrons. The number of nitrogens with zero attached hydrogens (tertiary/aromatic N) is 2. The van der Waals surface area contributed by atoms with E-state index in [0.29, 0.717) is 11.6 Å².